The molecule has 0 spiro atoms. The van der Waals surface area contributed by atoms with Crippen molar-refractivity contribution in [3.63, 3.8) is 0 Å². The van der Waals surface area contributed by atoms with Gasteiger partial charge in [0, 0.05) is 22.3 Å². The van der Waals surface area contributed by atoms with E-state index in [0.717, 1.165) is 33.6 Å². The molecule has 1 heterocycles. The smallest absolute Gasteiger partial charge is 0.142 e. The molecule has 0 aliphatic rings. The molecule has 2 aromatic carbocycles. The average molecular weight is 376 g/mol. The zero-order valence-electron chi connectivity index (χ0n) is 17.5. The van der Waals surface area contributed by atoms with E-state index < -0.39 is 0 Å². The standard InChI is InChI=1S/C24H29N3O/c1-23(2,3)17-12-16(13-18(22(17)28)24(4,5)6)20-21(27-19(25)14-26-20)15-10-8-7-9-11-15/h7-14,28H,1-6H3,(H2,25,27). The number of aromatic nitrogens is 2. The van der Waals surface area contributed by atoms with Crippen molar-refractivity contribution in [2.24, 2.45) is 0 Å². The number of phenols is 1. The molecule has 0 aliphatic heterocycles. The van der Waals surface area contributed by atoms with E-state index in [2.05, 4.69) is 51.5 Å². The van der Waals surface area contributed by atoms with Gasteiger partial charge in [-0.25, -0.2) is 4.98 Å². The van der Waals surface area contributed by atoms with E-state index in [1.807, 2.05) is 42.5 Å². The molecule has 3 aromatic rings. The van der Waals surface area contributed by atoms with Crippen LogP contribution in [0.5, 0.6) is 5.75 Å². The van der Waals surface area contributed by atoms with Crippen molar-refractivity contribution in [3.05, 3.63) is 59.8 Å². The normalized spacial score (nSPS) is 12.2. The summed E-state index contributed by atoms with van der Waals surface area (Å²) in [6, 6.07) is 14.0. The van der Waals surface area contributed by atoms with Gasteiger partial charge in [-0.05, 0) is 23.0 Å². The van der Waals surface area contributed by atoms with E-state index in [1.54, 1.807) is 6.20 Å². The number of nitrogen functional groups attached to an aromatic ring is 1. The quantitative estimate of drug-likeness (QED) is 0.603. The molecule has 0 radical (unpaired) electrons. The second-order valence-electron chi connectivity index (χ2n) is 9.28. The van der Waals surface area contributed by atoms with Crippen molar-refractivity contribution in [1.29, 1.82) is 0 Å². The second-order valence-corrected chi connectivity index (χ2v) is 9.28. The summed E-state index contributed by atoms with van der Waals surface area (Å²) >= 11 is 0. The van der Waals surface area contributed by atoms with Gasteiger partial charge < -0.3 is 10.8 Å². The van der Waals surface area contributed by atoms with Crippen molar-refractivity contribution in [2.75, 3.05) is 5.73 Å². The van der Waals surface area contributed by atoms with Gasteiger partial charge in [0.15, 0.2) is 0 Å². The molecule has 0 bridgehead atoms. The third-order valence-corrected chi connectivity index (χ3v) is 4.84. The summed E-state index contributed by atoms with van der Waals surface area (Å²) in [4.78, 5) is 9.21. The Balaban J connectivity index is 2.34. The molecule has 146 valence electrons. The average Bonchev–Trinajstić information content (AvgIpc) is 2.61. The number of nitrogens with two attached hydrogens (primary N) is 1. The number of anilines is 1. The van der Waals surface area contributed by atoms with Gasteiger partial charge in [0.25, 0.3) is 0 Å². The van der Waals surface area contributed by atoms with E-state index in [9.17, 15) is 5.11 Å². The fraction of sp³-hybridized carbons (Fsp3) is 0.333. The Morgan fingerprint density at radius 1 is 0.786 bits per heavy atom. The number of nitrogens with zero attached hydrogens (tertiary/aromatic N) is 2. The first kappa shape index (κ1) is 19.9. The molecule has 4 heteroatoms. The summed E-state index contributed by atoms with van der Waals surface area (Å²) < 4.78 is 0. The first-order chi connectivity index (χ1) is 13.0. The highest BCUT2D eigenvalue weighted by atomic mass is 16.3. The lowest BCUT2D eigenvalue weighted by Crippen LogP contribution is -2.17. The summed E-state index contributed by atoms with van der Waals surface area (Å²) in [6.45, 7) is 12.6. The maximum atomic E-state index is 11.0. The lowest BCUT2D eigenvalue weighted by molar-refractivity contribution is 0.423. The molecule has 28 heavy (non-hydrogen) atoms. The Labute approximate surface area is 167 Å². The van der Waals surface area contributed by atoms with Crippen LogP contribution in [-0.4, -0.2) is 15.1 Å². The minimum Gasteiger partial charge on any atom is -0.507 e. The van der Waals surface area contributed by atoms with Gasteiger partial charge >= 0.3 is 0 Å². The number of rotatable bonds is 2. The maximum Gasteiger partial charge on any atom is 0.142 e. The molecule has 4 nitrogen and oxygen atoms in total. The van der Waals surface area contributed by atoms with Gasteiger partial charge in [0.1, 0.15) is 11.6 Å². The summed E-state index contributed by atoms with van der Waals surface area (Å²) in [5.74, 6) is 0.738. The number of aromatic hydroxyl groups is 1. The van der Waals surface area contributed by atoms with E-state index in [4.69, 9.17) is 5.73 Å². The first-order valence-electron chi connectivity index (χ1n) is 9.55. The fourth-order valence-corrected chi connectivity index (χ4v) is 3.33. The van der Waals surface area contributed by atoms with Crippen LogP contribution in [0.1, 0.15) is 52.7 Å². The first-order valence-corrected chi connectivity index (χ1v) is 9.55. The number of benzene rings is 2. The molecule has 0 aliphatic carbocycles. The summed E-state index contributed by atoms with van der Waals surface area (Å²) in [6.07, 6.45) is 1.59. The topological polar surface area (TPSA) is 72.0 Å². The third-order valence-electron chi connectivity index (χ3n) is 4.84. The highest BCUT2D eigenvalue weighted by Crippen LogP contribution is 2.42. The van der Waals surface area contributed by atoms with Crippen molar-refractivity contribution in [3.8, 4) is 28.3 Å². The Kier molecular flexibility index (Phi) is 4.92. The van der Waals surface area contributed by atoms with Gasteiger partial charge in [-0.15, -0.1) is 0 Å². The van der Waals surface area contributed by atoms with Crippen LogP contribution in [0.15, 0.2) is 48.7 Å². The van der Waals surface area contributed by atoms with Crippen molar-refractivity contribution >= 4 is 5.82 Å². The number of hydrogen-bond acceptors (Lipinski definition) is 4. The van der Waals surface area contributed by atoms with E-state index in [0.29, 0.717) is 11.6 Å². The monoisotopic (exact) mass is 375 g/mol. The minimum atomic E-state index is -0.214. The summed E-state index contributed by atoms with van der Waals surface area (Å²) in [7, 11) is 0. The molecule has 1 aromatic heterocycles. The van der Waals surface area contributed by atoms with Crippen LogP contribution in [-0.2, 0) is 10.8 Å². The van der Waals surface area contributed by atoms with E-state index >= 15 is 0 Å². The van der Waals surface area contributed by atoms with Crippen molar-refractivity contribution < 1.29 is 5.11 Å². The predicted octanol–water partition coefficient (Wildman–Crippen LogP) is 5.69. The van der Waals surface area contributed by atoms with Gasteiger partial charge in [-0.2, -0.15) is 0 Å². The SMILES string of the molecule is CC(C)(C)c1cc(-c2ncc(N)nc2-c2ccccc2)cc(C(C)(C)C)c1O. The molecule has 0 unspecified atom stereocenters. The van der Waals surface area contributed by atoms with Gasteiger partial charge in [-0.3, -0.25) is 4.98 Å². The van der Waals surface area contributed by atoms with E-state index in [1.165, 1.54) is 0 Å². The van der Waals surface area contributed by atoms with Gasteiger partial charge in [-0.1, -0.05) is 71.9 Å². The molecule has 0 saturated carbocycles. The largest absolute Gasteiger partial charge is 0.507 e. The maximum absolute atomic E-state index is 11.0. The zero-order chi connectivity index (χ0) is 20.7. The lowest BCUT2D eigenvalue weighted by Gasteiger charge is -2.28. The molecule has 0 saturated heterocycles. The summed E-state index contributed by atoms with van der Waals surface area (Å²) in [5, 5.41) is 11.0. The molecular formula is C24H29N3O. The third kappa shape index (κ3) is 3.86. The molecule has 3 N–H and O–H groups in total. The van der Waals surface area contributed by atoms with Gasteiger partial charge in [0.2, 0.25) is 0 Å². The van der Waals surface area contributed by atoms with E-state index in [-0.39, 0.29) is 10.8 Å². The van der Waals surface area contributed by atoms with Crippen LogP contribution in [0.2, 0.25) is 0 Å². The minimum absolute atomic E-state index is 0.214. The Hall–Kier alpha value is -2.88. The Morgan fingerprint density at radius 2 is 1.32 bits per heavy atom. The summed E-state index contributed by atoms with van der Waals surface area (Å²) in [5.41, 5.74) is 10.7. The number of phenolic OH excluding ortho intramolecular Hbond substituents is 1. The molecule has 0 atom stereocenters. The zero-order valence-corrected chi connectivity index (χ0v) is 17.5. The van der Waals surface area contributed by atoms with Crippen molar-refractivity contribution in [1.82, 2.24) is 9.97 Å². The molecule has 0 amide bonds. The van der Waals surface area contributed by atoms with Crippen LogP contribution in [0.25, 0.3) is 22.5 Å². The van der Waals surface area contributed by atoms with Crippen LogP contribution in [0, 0.1) is 0 Å². The van der Waals surface area contributed by atoms with Crippen LogP contribution in [0.4, 0.5) is 5.82 Å². The molecule has 3 rings (SSSR count). The van der Waals surface area contributed by atoms with Crippen molar-refractivity contribution in [2.45, 2.75) is 52.4 Å². The van der Waals surface area contributed by atoms with Gasteiger partial charge in [0.05, 0.1) is 17.6 Å². The lowest BCUT2D eigenvalue weighted by atomic mass is 9.78. The Morgan fingerprint density at radius 3 is 1.82 bits per heavy atom. The number of hydrogen-bond donors (Lipinski definition) is 2. The second kappa shape index (κ2) is 6.93. The Bertz CT molecular complexity index is 962. The van der Waals surface area contributed by atoms with Crippen LogP contribution >= 0.6 is 0 Å². The van der Waals surface area contributed by atoms with Crippen LogP contribution < -0.4 is 5.73 Å². The predicted molar refractivity (Wildman–Crippen MR) is 116 cm³/mol. The fourth-order valence-electron chi connectivity index (χ4n) is 3.33. The van der Waals surface area contributed by atoms with Crippen LogP contribution in [0.3, 0.4) is 0 Å². The highest BCUT2D eigenvalue weighted by molar-refractivity contribution is 5.80. The molecular weight excluding hydrogens is 346 g/mol. The highest BCUT2D eigenvalue weighted by Gasteiger charge is 2.27. The molecule has 0 fully saturated rings.